The summed E-state index contributed by atoms with van der Waals surface area (Å²) >= 11 is 0. The van der Waals surface area contributed by atoms with Crippen LogP contribution in [0.15, 0.2) is 11.1 Å². The number of rotatable bonds is 5. The molecule has 1 aliphatic rings. The second-order valence-electron chi connectivity index (χ2n) is 4.92. The molecule has 0 saturated heterocycles. The first-order valence-electron chi connectivity index (χ1n) is 6.70. The molecule has 1 fully saturated rings. The van der Waals surface area contributed by atoms with Gasteiger partial charge in [-0.25, -0.2) is 4.98 Å². The SMILES string of the molecule is COc1c(OCC2CCCCC2CN)nc[nH]c1=O. The van der Waals surface area contributed by atoms with Crippen molar-refractivity contribution >= 4 is 0 Å². The Bertz CT molecular complexity index is 461. The van der Waals surface area contributed by atoms with Gasteiger partial charge in [-0.05, 0) is 31.2 Å². The molecular weight excluding hydrogens is 246 g/mol. The minimum absolute atomic E-state index is 0.127. The highest BCUT2D eigenvalue weighted by atomic mass is 16.5. The van der Waals surface area contributed by atoms with Gasteiger partial charge < -0.3 is 20.2 Å². The Balaban J connectivity index is 2.02. The molecule has 19 heavy (non-hydrogen) atoms. The molecule has 0 bridgehead atoms. The van der Waals surface area contributed by atoms with E-state index >= 15 is 0 Å². The molecule has 2 unspecified atom stereocenters. The second-order valence-corrected chi connectivity index (χ2v) is 4.92. The molecule has 2 atom stereocenters. The molecule has 0 amide bonds. The summed E-state index contributed by atoms with van der Waals surface area (Å²) in [6.07, 6.45) is 6.05. The van der Waals surface area contributed by atoms with Crippen LogP contribution in [0.4, 0.5) is 0 Å². The van der Waals surface area contributed by atoms with Crippen LogP contribution in [0.3, 0.4) is 0 Å². The molecule has 0 aromatic carbocycles. The van der Waals surface area contributed by atoms with Crippen molar-refractivity contribution in [3.05, 3.63) is 16.7 Å². The van der Waals surface area contributed by atoms with Crippen LogP contribution in [0.5, 0.6) is 11.6 Å². The lowest BCUT2D eigenvalue weighted by Gasteiger charge is -2.30. The quantitative estimate of drug-likeness (QED) is 0.828. The lowest BCUT2D eigenvalue weighted by Crippen LogP contribution is -2.31. The van der Waals surface area contributed by atoms with Crippen LogP contribution in [0.25, 0.3) is 0 Å². The summed E-state index contributed by atoms with van der Waals surface area (Å²) in [5.41, 5.74) is 5.46. The number of hydrogen-bond donors (Lipinski definition) is 2. The lowest BCUT2D eigenvalue weighted by molar-refractivity contribution is 0.145. The zero-order valence-corrected chi connectivity index (χ0v) is 11.2. The Labute approximate surface area is 112 Å². The molecule has 0 aliphatic heterocycles. The molecule has 106 valence electrons. The molecular formula is C13H21N3O3. The molecule has 1 saturated carbocycles. The van der Waals surface area contributed by atoms with Gasteiger partial charge in [-0.3, -0.25) is 4.79 Å². The molecule has 0 radical (unpaired) electrons. The first kappa shape index (κ1) is 13.9. The van der Waals surface area contributed by atoms with E-state index in [1.54, 1.807) is 0 Å². The van der Waals surface area contributed by atoms with E-state index in [2.05, 4.69) is 9.97 Å². The third-order valence-corrected chi connectivity index (χ3v) is 3.79. The number of nitrogens with one attached hydrogen (secondary N) is 1. The van der Waals surface area contributed by atoms with Crippen molar-refractivity contribution in [2.24, 2.45) is 17.6 Å². The van der Waals surface area contributed by atoms with E-state index in [0.717, 1.165) is 12.8 Å². The van der Waals surface area contributed by atoms with Gasteiger partial charge in [0.1, 0.15) is 0 Å². The number of nitrogens with two attached hydrogens (primary N) is 1. The fraction of sp³-hybridized carbons (Fsp3) is 0.692. The van der Waals surface area contributed by atoms with Gasteiger partial charge in [0.2, 0.25) is 5.75 Å². The van der Waals surface area contributed by atoms with Crippen LogP contribution in [-0.4, -0.2) is 30.2 Å². The lowest BCUT2D eigenvalue weighted by atomic mass is 9.80. The predicted octanol–water partition coefficient (Wildman–Crippen LogP) is 0.922. The monoisotopic (exact) mass is 267 g/mol. The van der Waals surface area contributed by atoms with E-state index in [1.807, 2.05) is 0 Å². The highest BCUT2D eigenvalue weighted by molar-refractivity contribution is 5.29. The van der Waals surface area contributed by atoms with Gasteiger partial charge in [0, 0.05) is 0 Å². The minimum Gasteiger partial charge on any atom is -0.487 e. The van der Waals surface area contributed by atoms with E-state index in [-0.39, 0.29) is 17.2 Å². The van der Waals surface area contributed by atoms with Gasteiger partial charge >= 0.3 is 0 Å². The van der Waals surface area contributed by atoms with Crippen LogP contribution in [0.1, 0.15) is 25.7 Å². The van der Waals surface area contributed by atoms with E-state index < -0.39 is 0 Å². The normalized spacial score (nSPS) is 23.1. The highest BCUT2D eigenvalue weighted by Gasteiger charge is 2.25. The molecule has 1 aromatic heterocycles. The van der Waals surface area contributed by atoms with Crippen molar-refractivity contribution in [2.45, 2.75) is 25.7 Å². The van der Waals surface area contributed by atoms with Crippen molar-refractivity contribution in [2.75, 3.05) is 20.3 Å². The summed E-state index contributed by atoms with van der Waals surface area (Å²) < 4.78 is 10.7. The third-order valence-electron chi connectivity index (χ3n) is 3.79. The molecule has 6 nitrogen and oxygen atoms in total. The number of nitrogens with zero attached hydrogens (tertiary/aromatic N) is 1. The first-order chi connectivity index (χ1) is 9.26. The number of methoxy groups -OCH3 is 1. The number of hydrogen-bond acceptors (Lipinski definition) is 5. The molecule has 3 N–H and O–H groups in total. The number of aromatic nitrogens is 2. The average molecular weight is 267 g/mol. The number of aromatic amines is 1. The standard InChI is InChI=1S/C13H21N3O3/c1-18-11-12(17)15-8-16-13(11)19-7-10-5-3-2-4-9(10)6-14/h8-10H,2-7,14H2,1H3,(H,15,16,17). The van der Waals surface area contributed by atoms with Gasteiger partial charge in [0.25, 0.3) is 11.4 Å². The smallest absolute Gasteiger partial charge is 0.297 e. The first-order valence-corrected chi connectivity index (χ1v) is 6.70. The largest absolute Gasteiger partial charge is 0.487 e. The van der Waals surface area contributed by atoms with Crippen molar-refractivity contribution in [3.63, 3.8) is 0 Å². The molecule has 0 spiro atoms. The predicted molar refractivity (Wildman–Crippen MR) is 71.4 cm³/mol. The minimum atomic E-state index is -0.327. The van der Waals surface area contributed by atoms with Crippen molar-refractivity contribution < 1.29 is 9.47 Å². The zero-order valence-electron chi connectivity index (χ0n) is 11.2. The summed E-state index contributed by atoms with van der Waals surface area (Å²) in [5.74, 6) is 1.32. The maximum Gasteiger partial charge on any atom is 0.297 e. The topological polar surface area (TPSA) is 90.2 Å². The second kappa shape index (κ2) is 6.56. The summed E-state index contributed by atoms with van der Waals surface area (Å²) in [4.78, 5) is 18.0. The molecule has 1 heterocycles. The number of ether oxygens (including phenoxy) is 2. The maximum absolute atomic E-state index is 11.5. The van der Waals surface area contributed by atoms with Gasteiger partial charge in [0.05, 0.1) is 20.0 Å². The van der Waals surface area contributed by atoms with E-state index in [9.17, 15) is 4.79 Å². The Morgan fingerprint density at radius 2 is 2.16 bits per heavy atom. The fourth-order valence-corrected chi connectivity index (χ4v) is 2.65. The van der Waals surface area contributed by atoms with Crippen LogP contribution < -0.4 is 20.8 Å². The Kier molecular flexibility index (Phi) is 4.79. The Morgan fingerprint density at radius 1 is 1.42 bits per heavy atom. The van der Waals surface area contributed by atoms with Crippen molar-refractivity contribution in [3.8, 4) is 11.6 Å². The third kappa shape index (κ3) is 3.26. The molecule has 1 aromatic rings. The summed E-state index contributed by atoms with van der Waals surface area (Å²) in [7, 11) is 1.43. The van der Waals surface area contributed by atoms with Crippen molar-refractivity contribution in [1.82, 2.24) is 9.97 Å². The summed E-state index contributed by atoms with van der Waals surface area (Å²) in [6, 6.07) is 0. The Hall–Kier alpha value is -1.56. The van der Waals surface area contributed by atoms with Gasteiger partial charge in [0.15, 0.2) is 0 Å². The molecule has 1 aliphatic carbocycles. The maximum atomic E-state index is 11.5. The summed E-state index contributed by atoms with van der Waals surface area (Å²) in [6.45, 7) is 1.22. The highest BCUT2D eigenvalue weighted by Crippen LogP contribution is 2.30. The van der Waals surface area contributed by atoms with Gasteiger partial charge in [-0.15, -0.1) is 0 Å². The Morgan fingerprint density at radius 3 is 2.84 bits per heavy atom. The number of H-pyrrole nitrogens is 1. The zero-order chi connectivity index (χ0) is 13.7. The van der Waals surface area contributed by atoms with E-state index in [1.165, 1.54) is 26.3 Å². The van der Waals surface area contributed by atoms with E-state index in [0.29, 0.717) is 25.0 Å². The average Bonchev–Trinajstić information content (AvgIpc) is 2.45. The van der Waals surface area contributed by atoms with Gasteiger partial charge in [-0.1, -0.05) is 12.8 Å². The van der Waals surface area contributed by atoms with Crippen LogP contribution in [0.2, 0.25) is 0 Å². The fourth-order valence-electron chi connectivity index (χ4n) is 2.65. The molecule has 6 heteroatoms. The summed E-state index contributed by atoms with van der Waals surface area (Å²) in [5, 5.41) is 0. The molecule has 2 rings (SSSR count). The van der Waals surface area contributed by atoms with Gasteiger partial charge in [-0.2, -0.15) is 0 Å². The van der Waals surface area contributed by atoms with Crippen molar-refractivity contribution in [1.29, 1.82) is 0 Å². The van der Waals surface area contributed by atoms with Crippen LogP contribution >= 0.6 is 0 Å². The van der Waals surface area contributed by atoms with Crippen LogP contribution in [0, 0.1) is 11.8 Å². The van der Waals surface area contributed by atoms with Crippen LogP contribution in [-0.2, 0) is 0 Å². The van der Waals surface area contributed by atoms with E-state index in [4.69, 9.17) is 15.2 Å².